The highest BCUT2D eigenvalue weighted by molar-refractivity contribution is 5.68. The number of hydrogen-bond acceptors (Lipinski definition) is 5. The summed E-state index contributed by atoms with van der Waals surface area (Å²) in [6.45, 7) is 10.5. The van der Waals surface area contributed by atoms with Gasteiger partial charge in [-0.2, -0.15) is 0 Å². The van der Waals surface area contributed by atoms with Gasteiger partial charge in [0.25, 0.3) is 0 Å². The molecule has 0 bridgehead atoms. The van der Waals surface area contributed by atoms with Gasteiger partial charge in [-0.25, -0.2) is 4.79 Å². The Hall–Kier alpha value is -2.63. The fourth-order valence-electron chi connectivity index (χ4n) is 3.06. The van der Waals surface area contributed by atoms with Gasteiger partial charge in [-0.15, -0.1) is 0 Å². The second-order valence-electron chi connectivity index (χ2n) is 7.99. The number of carbonyl (C=O) groups is 1. The highest BCUT2D eigenvalue weighted by Gasteiger charge is 2.26. The maximum Gasteiger partial charge on any atom is 0.410 e. The molecule has 1 amide bonds. The van der Waals surface area contributed by atoms with E-state index in [4.69, 9.17) is 4.74 Å². The average Bonchev–Trinajstić information content (AvgIpc) is 2.63. The van der Waals surface area contributed by atoms with E-state index in [0.29, 0.717) is 13.1 Å². The number of anilines is 1. The molecule has 1 aliphatic rings. The Labute approximate surface area is 161 Å². The Morgan fingerprint density at radius 2 is 1.81 bits per heavy atom. The van der Waals surface area contributed by atoms with Crippen LogP contribution in [0, 0.1) is 6.92 Å². The summed E-state index contributed by atoms with van der Waals surface area (Å²) in [5, 5.41) is 0. The van der Waals surface area contributed by atoms with Crippen molar-refractivity contribution in [3.8, 4) is 0 Å². The molecule has 0 spiro atoms. The highest BCUT2D eigenvalue weighted by Crippen LogP contribution is 2.20. The van der Waals surface area contributed by atoms with Crippen LogP contribution in [0.1, 0.15) is 37.6 Å². The van der Waals surface area contributed by atoms with Crippen molar-refractivity contribution in [1.29, 1.82) is 0 Å². The first-order chi connectivity index (χ1) is 12.8. The van der Waals surface area contributed by atoms with Crippen LogP contribution in [0.5, 0.6) is 0 Å². The normalized spacial score (nSPS) is 15.0. The monoisotopic (exact) mass is 368 g/mol. The third-order valence-corrected chi connectivity index (χ3v) is 4.46. The predicted octanol–water partition coefficient (Wildman–Crippen LogP) is 3.43. The van der Waals surface area contributed by atoms with E-state index in [0.717, 1.165) is 36.5 Å². The number of ether oxygens (including phenoxy) is 1. The van der Waals surface area contributed by atoms with E-state index >= 15 is 0 Å². The molecule has 0 unspecified atom stereocenters. The number of nitrogens with zero attached hydrogens (tertiary/aromatic N) is 4. The molecule has 1 aliphatic heterocycles. The standard InChI is InChI=1S/C21H28N4O2/c1-16-5-6-17(14-23-16)11-18-12-19(15-22-13-18)24-7-9-25(10-8-24)20(26)27-21(2,3)4/h5-6,12-15H,7-11H2,1-4H3. The van der Waals surface area contributed by atoms with Gasteiger partial charge in [0.2, 0.25) is 0 Å². The summed E-state index contributed by atoms with van der Waals surface area (Å²) >= 11 is 0. The Bertz CT molecular complexity index is 776. The van der Waals surface area contributed by atoms with E-state index in [2.05, 4.69) is 27.0 Å². The number of piperazine rings is 1. The van der Waals surface area contributed by atoms with Gasteiger partial charge >= 0.3 is 6.09 Å². The molecule has 1 fully saturated rings. The van der Waals surface area contributed by atoms with Gasteiger partial charge < -0.3 is 14.5 Å². The minimum absolute atomic E-state index is 0.235. The number of hydrogen-bond donors (Lipinski definition) is 0. The van der Waals surface area contributed by atoms with E-state index < -0.39 is 5.60 Å². The van der Waals surface area contributed by atoms with Gasteiger partial charge in [-0.05, 0) is 51.0 Å². The van der Waals surface area contributed by atoms with Crippen LogP contribution >= 0.6 is 0 Å². The van der Waals surface area contributed by atoms with Crippen molar-refractivity contribution >= 4 is 11.8 Å². The zero-order valence-corrected chi connectivity index (χ0v) is 16.6. The third kappa shape index (κ3) is 5.42. The highest BCUT2D eigenvalue weighted by atomic mass is 16.6. The smallest absolute Gasteiger partial charge is 0.410 e. The molecule has 0 atom stereocenters. The van der Waals surface area contributed by atoms with Crippen molar-refractivity contribution < 1.29 is 9.53 Å². The lowest BCUT2D eigenvalue weighted by molar-refractivity contribution is 0.0240. The summed E-state index contributed by atoms with van der Waals surface area (Å²) in [5.41, 5.74) is 3.99. The molecule has 6 nitrogen and oxygen atoms in total. The van der Waals surface area contributed by atoms with Crippen molar-refractivity contribution in [2.24, 2.45) is 0 Å². The van der Waals surface area contributed by atoms with Crippen LogP contribution in [-0.4, -0.2) is 52.7 Å². The number of amides is 1. The molecule has 144 valence electrons. The molecular weight excluding hydrogens is 340 g/mol. The number of aryl methyl sites for hydroxylation is 1. The molecule has 2 aromatic rings. The van der Waals surface area contributed by atoms with E-state index in [1.807, 2.05) is 52.4 Å². The van der Waals surface area contributed by atoms with Crippen molar-refractivity contribution in [2.75, 3.05) is 31.1 Å². The van der Waals surface area contributed by atoms with Gasteiger partial charge in [0.05, 0.1) is 11.9 Å². The SMILES string of the molecule is Cc1ccc(Cc2cncc(N3CCN(C(=O)OC(C)(C)C)CC3)c2)cn1. The first kappa shape index (κ1) is 19.1. The lowest BCUT2D eigenvalue weighted by Gasteiger charge is -2.36. The van der Waals surface area contributed by atoms with Crippen molar-refractivity contribution in [3.63, 3.8) is 0 Å². The first-order valence-corrected chi connectivity index (χ1v) is 9.38. The molecule has 6 heteroatoms. The molecule has 0 N–H and O–H groups in total. The van der Waals surface area contributed by atoms with Crippen molar-refractivity contribution in [1.82, 2.24) is 14.9 Å². The van der Waals surface area contributed by atoms with Gasteiger partial charge in [0.15, 0.2) is 0 Å². The van der Waals surface area contributed by atoms with Crippen LogP contribution < -0.4 is 4.90 Å². The number of rotatable bonds is 3. The molecule has 0 radical (unpaired) electrons. The Kier molecular flexibility index (Phi) is 5.63. The molecular formula is C21H28N4O2. The summed E-state index contributed by atoms with van der Waals surface area (Å²) in [6.07, 6.45) is 6.29. The van der Waals surface area contributed by atoms with Crippen LogP contribution in [0.25, 0.3) is 0 Å². The average molecular weight is 368 g/mol. The minimum Gasteiger partial charge on any atom is -0.444 e. The molecule has 3 heterocycles. The Balaban J connectivity index is 1.60. The number of aromatic nitrogens is 2. The minimum atomic E-state index is -0.461. The number of pyridine rings is 2. The maximum atomic E-state index is 12.2. The first-order valence-electron chi connectivity index (χ1n) is 9.38. The second-order valence-corrected chi connectivity index (χ2v) is 7.99. The van der Waals surface area contributed by atoms with Crippen LogP contribution in [0.4, 0.5) is 10.5 Å². The Morgan fingerprint density at radius 1 is 1.07 bits per heavy atom. The molecule has 1 saturated heterocycles. The molecule has 0 aromatic carbocycles. The summed E-state index contributed by atoms with van der Waals surface area (Å²) in [7, 11) is 0. The molecule has 0 saturated carbocycles. The lowest BCUT2D eigenvalue weighted by Crippen LogP contribution is -2.50. The van der Waals surface area contributed by atoms with Crippen LogP contribution in [0.3, 0.4) is 0 Å². The van der Waals surface area contributed by atoms with E-state index in [-0.39, 0.29) is 6.09 Å². The van der Waals surface area contributed by atoms with Crippen LogP contribution in [-0.2, 0) is 11.2 Å². The molecule has 27 heavy (non-hydrogen) atoms. The molecule has 2 aromatic heterocycles. The van der Waals surface area contributed by atoms with Crippen molar-refractivity contribution in [2.45, 2.75) is 39.7 Å². The largest absolute Gasteiger partial charge is 0.444 e. The van der Waals surface area contributed by atoms with E-state index in [1.165, 1.54) is 5.56 Å². The summed E-state index contributed by atoms with van der Waals surface area (Å²) < 4.78 is 5.46. The van der Waals surface area contributed by atoms with Gasteiger partial charge in [-0.1, -0.05) is 6.07 Å². The van der Waals surface area contributed by atoms with Crippen LogP contribution in [0.15, 0.2) is 36.8 Å². The summed E-state index contributed by atoms with van der Waals surface area (Å²) in [4.78, 5) is 25.0. The summed E-state index contributed by atoms with van der Waals surface area (Å²) in [5.74, 6) is 0. The van der Waals surface area contributed by atoms with Gasteiger partial charge in [-0.3, -0.25) is 9.97 Å². The van der Waals surface area contributed by atoms with Gasteiger partial charge in [0.1, 0.15) is 5.60 Å². The fourth-order valence-corrected chi connectivity index (χ4v) is 3.06. The van der Waals surface area contributed by atoms with E-state index in [1.54, 1.807) is 4.90 Å². The third-order valence-electron chi connectivity index (χ3n) is 4.46. The molecule has 0 aliphatic carbocycles. The van der Waals surface area contributed by atoms with Crippen LogP contribution in [0.2, 0.25) is 0 Å². The van der Waals surface area contributed by atoms with E-state index in [9.17, 15) is 4.79 Å². The zero-order valence-electron chi connectivity index (χ0n) is 16.6. The quantitative estimate of drug-likeness (QED) is 0.831. The Morgan fingerprint density at radius 3 is 2.44 bits per heavy atom. The zero-order chi connectivity index (χ0) is 19.4. The van der Waals surface area contributed by atoms with Gasteiger partial charge in [0, 0.05) is 50.7 Å². The number of carbonyl (C=O) groups excluding carboxylic acids is 1. The fraction of sp³-hybridized carbons (Fsp3) is 0.476. The maximum absolute atomic E-state index is 12.2. The predicted molar refractivity (Wildman–Crippen MR) is 106 cm³/mol. The second kappa shape index (κ2) is 7.94. The summed E-state index contributed by atoms with van der Waals surface area (Å²) in [6, 6.07) is 6.31. The topological polar surface area (TPSA) is 58.6 Å². The van der Waals surface area contributed by atoms with Crippen molar-refractivity contribution in [3.05, 3.63) is 53.6 Å². The lowest BCUT2D eigenvalue weighted by atomic mass is 10.1. The molecule has 3 rings (SSSR count).